The van der Waals surface area contributed by atoms with Gasteiger partial charge in [-0.3, -0.25) is 14.9 Å². The molecule has 0 bridgehead atoms. The van der Waals surface area contributed by atoms with Gasteiger partial charge in [0.05, 0.1) is 24.4 Å². The van der Waals surface area contributed by atoms with E-state index in [4.69, 9.17) is 19.3 Å². The zero-order valence-corrected chi connectivity index (χ0v) is 35.0. The number of aliphatic hydroxyl groups is 1. The topological polar surface area (TPSA) is 247 Å². The van der Waals surface area contributed by atoms with Gasteiger partial charge < -0.3 is 48.2 Å². The van der Waals surface area contributed by atoms with E-state index in [1.807, 2.05) is 18.2 Å². The molecule has 20 heteroatoms. The number of amides is 1. The van der Waals surface area contributed by atoms with Gasteiger partial charge in [0.25, 0.3) is 5.91 Å². The monoisotopic (exact) mass is 786 g/mol. The Morgan fingerprint density at radius 3 is 2.11 bits per heavy atom. The molecule has 4 N–H and O–H groups in total. The van der Waals surface area contributed by atoms with Crippen LogP contribution in [0.25, 0.3) is 32.3 Å². The van der Waals surface area contributed by atoms with E-state index in [1.54, 1.807) is 0 Å². The van der Waals surface area contributed by atoms with Crippen LogP contribution >= 0.6 is 15.2 Å². The molecular weight excluding hydrogens is 752 g/mol. The smallest absolute Gasteiger partial charge is 0.776 e. The molecule has 0 spiro atoms. The molecule has 0 saturated carbocycles. The fraction of sp³-hybridized carbons (Fsp3) is 0.273. The predicted octanol–water partition coefficient (Wildman–Crippen LogP) is -3.00. The second-order valence-corrected chi connectivity index (χ2v) is 15.9. The van der Waals surface area contributed by atoms with Crippen LogP contribution < -0.4 is 79.1 Å². The number of nitrogens with zero attached hydrogens (tertiary/aromatic N) is 3. The van der Waals surface area contributed by atoms with Gasteiger partial charge in [-0.15, -0.1) is 0 Å². The molecule has 0 saturated heterocycles. The Bertz CT molecular complexity index is 2110. The molecule has 2 atom stereocenters. The normalized spacial score (nSPS) is 15.1. The van der Waals surface area contributed by atoms with E-state index in [-0.39, 0.29) is 110 Å². The molecular formula is C33H34N4Na2O12P2. The maximum atomic E-state index is 12.4. The fourth-order valence-electron chi connectivity index (χ4n) is 5.66. The van der Waals surface area contributed by atoms with Crippen LogP contribution in [0.2, 0.25) is 0 Å². The van der Waals surface area contributed by atoms with Crippen molar-refractivity contribution in [1.82, 2.24) is 10.3 Å². The number of hydrazone groups is 1. The SMILES string of the molecule is CN(CCCOc1cc(/C=N/NC(=O)COCc2cc3ccc4cccc5ccc(c2)c3c45)ccc1[N+](=O)[O-])CCC(O)(P(=O)([O-])O)P(=O)([O-])O.[Na+].[Na+]. The van der Waals surface area contributed by atoms with Gasteiger partial charge in [0.1, 0.15) is 6.61 Å². The molecule has 0 heterocycles. The summed E-state index contributed by atoms with van der Waals surface area (Å²) < 4.78 is 34.0. The molecule has 2 unspecified atom stereocenters. The first-order valence-corrected chi connectivity index (χ1v) is 18.7. The van der Waals surface area contributed by atoms with Crippen molar-refractivity contribution in [2.24, 2.45) is 5.10 Å². The number of hydrogen-bond donors (Lipinski definition) is 4. The number of carbonyl (C=O) groups is 1. The van der Waals surface area contributed by atoms with Crippen molar-refractivity contribution in [3.8, 4) is 5.75 Å². The summed E-state index contributed by atoms with van der Waals surface area (Å²) in [7, 11) is -10.3. The average molecular weight is 787 g/mol. The van der Waals surface area contributed by atoms with E-state index < -0.39 is 37.5 Å². The zero-order chi connectivity index (χ0) is 37.0. The van der Waals surface area contributed by atoms with Crippen molar-refractivity contribution in [2.45, 2.75) is 24.5 Å². The van der Waals surface area contributed by atoms with Crippen LogP contribution in [0.4, 0.5) is 5.69 Å². The molecule has 1 amide bonds. The third-order valence-corrected chi connectivity index (χ3v) is 12.1. The Kier molecular flexibility index (Phi) is 16.2. The van der Waals surface area contributed by atoms with Crippen LogP contribution in [0.15, 0.2) is 77.9 Å². The number of rotatable bonds is 17. The van der Waals surface area contributed by atoms with Crippen molar-refractivity contribution in [3.63, 3.8) is 0 Å². The van der Waals surface area contributed by atoms with Gasteiger partial charge in [0, 0.05) is 25.6 Å². The minimum atomic E-state index is -5.88. The number of nitro benzene ring substituents is 1. The molecule has 5 aromatic rings. The maximum Gasteiger partial charge on any atom is 1.00 e. The van der Waals surface area contributed by atoms with Crippen LogP contribution in [0, 0.1) is 10.1 Å². The number of nitrogens with one attached hydrogen (secondary N) is 1. The summed E-state index contributed by atoms with van der Waals surface area (Å²) in [6.07, 6.45) is 0.460. The Morgan fingerprint density at radius 2 is 1.53 bits per heavy atom. The van der Waals surface area contributed by atoms with E-state index in [1.165, 1.54) is 57.9 Å². The zero-order valence-electron chi connectivity index (χ0n) is 29.2. The van der Waals surface area contributed by atoms with Gasteiger partial charge in [-0.25, -0.2) is 5.43 Å². The summed E-state index contributed by atoms with van der Waals surface area (Å²) in [5.74, 6) is -0.608. The molecule has 0 aromatic heterocycles. The standard InChI is InChI=1S/C33H36N4O12P2.2Na/c1-36(14-12-33(39,50(42,43)44)51(45,46)47)13-3-15-49-29-18-22(6-11-28(29)37(40)41)19-34-35-30(38)21-48-20-23-16-26-9-7-24-4-2-5-25-8-10-27(17-23)32(26)31(24)25;;/h2,4-11,16-19,39H,3,12-15,20-21H2,1H3,(H,35,38)(H2,42,43,44)(H2,45,46,47);;/q;2*+1/p-2/b34-19+;;. The van der Waals surface area contributed by atoms with Crippen molar-refractivity contribution < 1.29 is 112 Å². The third-order valence-electron chi connectivity index (χ3n) is 8.28. The first-order chi connectivity index (χ1) is 24.1. The number of nitro groups is 1. The molecule has 16 nitrogen and oxygen atoms in total. The van der Waals surface area contributed by atoms with Gasteiger partial charge in [-0.1, -0.05) is 42.5 Å². The Labute approximate surface area is 347 Å². The Hall–Kier alpha value is -2.34. The van der Waals surface area contributed by atoms with E-state index in [9.17, 15) is 38.9 Å². The minimum Gasteiger partial charge on any atom is -0.776 e. The van der Waals surface area contributed by atoms with Crippen LogP contribution in [-0.4, -0.2) is 75.3 Å². The molecule has 53 heavy (non-hydrogen) atoms. The third kappa shape index (κ3) is 10.9. The molecule has 5 rings (SSSR count). The first-order valence-electron chi connectivity index (χ1n) is 15.5. The number of hydrogen-bond acceptors (Lipinski definition) is 12. The maximum absolute atomic E-state index is 12.4. The van der Waals surface area contributed by atoms with Crippen molar-refractivity contribution in [1.29, 1.82) is 0 Å². The van der Waals surface area contributed by atoms with Gasteiger partial charge in [0.2, 0.25) is 0 Å². The van der Waals surface area contributed by atoms with Crippen LogP contribution in [0.1, 0.15) is 24.0 Å². The van der Waals surface area contributed by atoms with Gasteiger partial charge in [-0.05, 0) is 81.2 Å². The van der Waals surface area contributed by atoms with E-state index in [0.29, 0.717) is 5.56 Å². The molecule has 0 radical (unpaired) electrons. The van der Waals surface area contributed by atoms with Gasteiger partial charge >= 0.3 is 64.8 Å². The summed E-state index contributed by atoms with van der Waals surface area (Å²) in [5.41, 5.74) is 3.30. The van der Waals surface area contributed by atoms with E-state index in [2.05, 4.69) is 46.9 Å². The minimum absolute atomic E-state index is 0. The Balaban J connectivity index is 0.00000378. The molecule has 270 valence electrons. The summed E-state index contributed by atoms with van der Waals surface area (Å²) in [5, 5.41) is 28.5. The largest absolute Gasteiger partial charge is 1.00 e. The van der Waals surface area contributed by atoms with E-state index in [0.717, 1.165) is 16.3 Å². The first kappa shape index (κ1) is 45.1. The molecule has 5 aromatic carbocycles. The van der Waals surface area contributed by atoms with Crippen molar-refractivity contribution >= 4 is 65.3 Å². The summed E-state index contributed by atoms with van der Waals surface area (Å²) in [6, 6.07) is 22.6. The average Bonchev–Trinajstić information content (AvgIpc) is 3.07. The summed E-state index contributed by atoms with van der Waals surface area (Å²) in [6.45, 7) is -0.336. The molecule has 0 fully saturated rings. The van der Waals surface area contributed by atoms with Gasteiger partial charge in [-0.2, -0.15) is 5.10 Å². The van der Waals surface area contributed by atoms with Crippen LogP contribution in [0.3, 0.4) is 0 Å². The second kappa shape index (κ2) is 19.0. The number of ether oxygens (including phenoxy) is 2. The summed E-state index contributed by atoms with van der Waals surface area (Å²) >= 11 is 0. The van der Waals surface area contributed by atoms with Gasteiger partial charge in [0.15, 0.2) is 26.0 Å². The van der Waals surface area contributed by atoms with Crippen molar-refractivity contribution in [2.75, 3.05) is 33.4 Å². The fourth-order valence-corrected chi connectivity index (χ4v) is 7.71. The quantitative estimate of drug-likeness (QED) is 0.0140. The van der Waals surface area contributed by atoms with Crippen LogP contribution in [0.5, 0.6) is 5.75 Å². The predicted molar refractivity (Wildman–Crippen MR) is 185 cm³/mol. The molecule has 0 aliphatic heterocycles. The molecule has 0 aliphatic rings. The van der Waals surface area contributed by atoms with Crippen LogP contribution in [-0.2, 0) is 25.3 Å². The molecule has 0 aliphatic carbocycles. The number of carbonyl (C=O) groups excluding carboxylic acids is 1. The number of benzene rings is 5. The Morgan fingerprint density at radius 1 is 0.943 bits per heavy atom. The summed E-state index contributed by atoms with van der Waals surface area (Å²) in [4.78, 5) is 65.7. The van der Waals surface area contributed by atoms with E-state index >= 15 is 0 Å². The second-order valence-electron chi connectivity index (χ2n) is 12.0. The van der Waals surface area contributed by atoms with Crippen molar-refractivity contribution in [3.05, 3.63) is 94.0 Å².